The Hall–Kier alpha value is -3.75. The molecule has 4 rings (SSSR count). The second-order valence-corrected chi connectivity index (χ2v) is 6.23. The highest BCUT2D eigenvalue weighted by Crippen LogP contribution is 2.27. The molecule has 0 radical (unpaired) electrons. The first-order valence-electron chi connectivity index (χ1n) is 8.64. The van der Waals surface area contributed by atoms with Gasteiger partial charge in [0.1, 0.15) is 12.6 Å². The Balaban J connectivity index is 1.45. The van der Waals surface area contributed by atoms with Crippen LogP contribution in [0, 0.1) is 0 Å². The van der Waals surface area contributed by atoms with E-state index in [1.807, 2.05) is 30.3 Å². The maximum absolute atomic E-state index is 12.6. The van der Waals surface area contributed by atoms with Crippen molar-refractivity contribution in [2.24, 2.45) is 0 Å². The van der Waals surface area contributed by atoms with E-state index in [0.29, 0.717) is 23.9 Å². The average molecular weight is 379 g/mol. The molecule has 0 fully saturated rings. The maximum Gasteiger partial charge on any atom is 0.293 e. The maximum atomic E-state index is 12.6. The number of ether oxygens (including phenoxy) is 1. The molecule has 1 aliphatic rings. The number of aromatic nitrogens is 3. The van der Waals surface area contributed by atoms with Crippen molar-refractivity contribution in [3.8, 4) is 5.75 Å². The summed E-state index contributed by atoms with van der Waals surface area (Å²) in [5, 5.41) is 6.31. The Labute approximate surface area is 160 Å². The van der Waals surface area contributed by atoms with Crippen LogP contribution in [-0.2, 0) is 11.2 Å². The SMILES string of the molecule is CN1C(=O)C(NC(=O)c2noc(Cc3ccccc3)n2)COc2cccnc21. The number of hydrogen-bond donors (Lipinski definition) is 1. The van der Waals surface area contributed by atoms with Crippen LogP contribution >= 0.6 is 0 Å². The zero-order valence-corrected chi connectivity index (χ0v) is 15.0. The van der Waals surface area contributed by atoms with Gasteiger partial charge in [0, 0.05) is 13.2 Å². The van der Waals surface area contributed by atoms with Crippen molar-refractivity contribution >= 4 is 17.6 Å². The zero-order valence-electron chi connectivity index (χ0n) is 15.0. The highest BCUT2D eigenvalue weighted by Gasteiger charge is 2.32. The molecule has 2 amide bonds. The van der Waals surface area contributed by atoms with E-state index in [-0.39, 0.29) is 18.3 Å². The minimum Gasteiger partial charge on any atom is -0.487 e. The number of nitrogens with zero attached hydrogens (tertiary/aromatic N) is 4. The number of pyridine rings is 1. The number of hydrogen-bond acceptors (Lipinski definition) is 7. The lowest BCUT2D eigenvalue weighted by Crippen LogP contribution is -2.49. The molecule has 9 nitrogen and oxygen atoms in total. The van der Waals surface area contributed by atoms with E-state index in [1.54, 1.807) is 25.4 Å². The molecule has 0 saturated carbocycles. The largest absolute Gasteiger partial charge is 0.487 e. The second kappa shape index (κ2) is 7.47. The lowest BCUT2D eigenvalue weighted by Gasteiger charge is -2.18. The van der Waals surface area contributed by atoms with Gasteiger partial charge in [0.25, 0.3) is 17.6 Å². The van der Waals surface area contributed by atoms with E-state index >= 15 is 0 Å². The Morgan fingerprint density at radius 1 is 1.25 bits per heavy atom. The smallest absolute Gasteiger partial charge is 0.293 e. The molecule has 2 aromatic heterocycles. The Morgan fingerprint density at radius 2 is 2.07 bits per heavy atom. The van der Waals surface area contributed by atoms with Crippen LogP contribution in [-0.4, -0.2) is 46.6 Å². The first-order valence-corrected chi connectivity index (χ1v) is 8.64. The molecule has 28 heavy (non-hydrogen) atoms. The van der Waals surface area contributed by atoms with Crippen LogP contribution in [0.5, 0.6) is 5.75 Å². The summed E-state index contributed by atoms with van der Waals surface area (Å²) in [6.45, 7) is -0.0255. The Morgan fingerprint density at radius 3 is 2.89 bits per heavy atom. The van der Waals surface area contributed by atoms with Crippen molar-refractivity contribution in [3.05, 3.63) is 65.9 Å². The molecule has 9 heteroatoms. The topological polar surface area (TPSA) is 110 Å². The number of benzene rings is 1. The number of carbonyl (C=O) groups is 2. The van der Waals surface area contributed by atoms with E-state index in [4.69, 9.17) is 9.26 Å². The minimum absolute atomic E-state index is 0.0255. The molecule has 1 atom stereocenters. The van der Waals surface area contributed by atoms with E-state index in [1.165, 1.54) is 4.90 Å². The molecular formula is C19H17N5O4. The minimum atomic E-state index is -0.900. The van der Waals surface area contributed by atoms with Crippen LogP contribution in [0.4, 0.5) is 5.82 Å². The van der Waals surface area contributed by atoms with Crippen LogP contribution in [0.1, 0.15) is 22.1 Å². The fraction of sp³-hybridized carbons (Fsp3) is 0.211. The standard InChI is InChI=1S/C19H17N5O4/c1-24-17-14(8-5-9-20-17)27-11-13(19(24)26)21-18(25)16-22-15(28-23-16)10-12-6-3-2-4-7-12/h2-9,13H,10-11H2,1H3,(H,21,25). The third kappa shape index (κ3) is 3.54. The van der Waals surface area contributed by atoms with Crippen LogP contribution in [0.15, 0.2) is 53.2 Å². The van der Waals surface area contributed by atoms with Gasteiger partial charge in [-0.2, -0.15) is 4.98 Å². The van der Waals surface area contributed by atoms with Gasteiger partial charge in [-0.05, 0) is 17.7 Å². The van der Waals surface area contributed by atoms with Crippen LogP contribution in [0.25, 0.3) is 0 Å². The van der Waals surface area contributed by atoms with Gasteiger partial charge >= 0.3 is 0 Å². The van der Waals surface area contributed by atoms with Gasteiger partial charge in [0.05, 0.1) is 6.42 Å². The van der Waals surface area contributed by atoms with Crippen molar-refractivity contribution in [1.82, 2.24) is 20.4 Å². The van der Waals surface area contributed by atoms with Crippen LogP contribution < -0.4 is 15.0 Å². The monoisotopic (exact) mass is 379 g/mol. The molecule has 3 aromatic rings. The van der Waals surface area contributed by atoms with Crippen molar-refractivity contribution < 1.29 is 18.8 Å². The lowest BCUT2D eigenvalue weighted by molar-refractivity contribution is -0.120. The number of fused-ring (bicyclic) bond motifs is 1. The third-order valence-electron chi connectivity index (χ3n) is 4.28. The lowest BCUT2D eigenvalue weighted by atomic mass is 10.1. The van der Waals surface area contributed by atoms with Crippen LogP contribution in [0.2, 0.25) is 0 Å². The van der Waals surface area contributed by atoms with Gasteiger partial charge in [-0.15, -0.1) is 0 Å². The summed E-state index contributed by atoms with van der Waals surface area (Å²) in [4.78, 5) is 34.7. The first kappa shape index (κ1) is 17.7. The predicted molar refractivity (Wildman–Crippen MR) is 97.9 cm³/mol. The molecule has 0 spiro atoms. The number of anilines is 1. The number of amides is 2. The third-order valence-corrected chi connectivity index (χ3v) is 4.28. The summed E-state index contributed by atoms with van der Waals surface area (Å²) >= 11 is 0. The summed E-state index contributed by atoms with van der Waals surface area (Å²) in [5.41, 5.74) is 0.984. The number of likely N-dealkylation sites (N-methyl/N-ethyl adjacent to an activating group) is 1. The summed E-state index contributed by atoms with van der Waals surface area (Å²) in [6, 6.07) is 12.1. The molecule has 3 heterocycles. The van der Waals surface area contributed by atoms with Crippen molar-refractivity contribution in [3.63, 3.8) is 0 Å². The normalized spacial score (nSPS) is 16.1. The molecular weight excluding hydrogens is 362 g/mol. The van der Waals surface area contributed by atoms with E-state index < -0.39 is 11.9 Å². The Kier molecular flexibility index (Phi) is 4.71. The summed E-state index contributed by atoms with van der Waals surface area (Å²) in [5.74, 6) is 0.0830. The summed E-state index contributed by atoms with van der Waals surface area (Å²) in [6.07, 6.45) is 1.98. The van der Waals surface area contributed by atoms with Gasteiger partial charge in [0.15, 0.2) is 11.6 Å². The van der Waals surface area contributed by atoms with Gasteiger partial charge in [0.2, 0.25) is 5.89 Å². The van der Waals surface area contributed by atoms with Crippen molar-refractivity contribution in [2.45, 2.75) is 12.5 Å². The zero-order chi connectivity index (χ0) is 19.5. The molecule has 1 aromatic carbocycles. The molecule has 1 unspecified atom stereocenters. The number of nitrogens with one attached hydrogen (secondary N) is 1. The molecule has 0 bridgehead atoms. The van der Waals surface area contributed by atoms with Gasteiger partial charge < -0.3 is 14.6 Å². The highest BCUT2D eigenvalue weighted by molar-refractivity contribution is 6.01. The van der Waals surface area contributed by atoms with E-state index in [9.17, 15) is 9.59 Å². The summed E-state index contributed by atoms with van der Waals surface area (Å²) < 4.78 is 10.8. The quantitative estimate of drug-likeness (QED) is 0.725. The number of carbonyl (C=O) groups excluding carboxylic acids is 2. The van der Waals surface area contributed by atoms with Crippen molar-refractivity contribution in [1.29, 1.82) is 0 Å². The van der Waals surface area contributed by atoms with Crippen LogP contribution in [0.3, 0.4) is 0 Å². The second-order valence-electron chi connectivity index (χ2n) is 6.23. The average Bonchev–Trinajstić information content (AvgIpc) is 3.15. The highest BCUT2D eigenvalue weighted by atomic mass is 16.5. The van der Waals surface area contributed by atoms with Gasteiger partial charge in [-0.25, -0.2) is 4.98 Å². The fourth-order valence-corrected chi connectivity index (χ4v) is 2.84. The summed E-state index contributed by atoms with van der Waals surface area (Å²) in [7, 11) is 1.58. The van der Waals surface area contributed by atoms with Crippen molar-refractivity contribution in [2.75, 3.05) is 18.6 Å². The number of rotatable bonds is 4. The molecule has 1 N–H and O–H groups in total. The Bertz CT molecular complexity index is 1000. The van der Waals surface area contributed by atoms with Gasteiger partial charge in [-0.3, -0.25) is 14.5 Å². The predicted octanol–water partition coefficient (Wildman–Crippen LogP) is 1.21. The molecule has 0 saturated heterocycles. The van der Waals surface area contributed by atoms with E-state index in [0.717, 1.165) is 5.56 Å². The first-order chi connectivity index (χ1) is 13.6. The molecule has 142 valence electrons. The molecule has 0 aliphatic carbocycles. The van der Waals surface area contributed by atoms with E-state index in [2.05, 4.69) is 20.4 Å². The molecule has 1 aliphatic heterocycles. The van der Waals surface area contributed by atoms with Gasteiger partial charge in [-0.1, -0.05) is 35.5 Å². The fourth-order valence-electron chi connectivity index (χ4n) is 2.84.